The molecule has 0 bridgehead atoms. The molecule has 1 aromatic carbocycles. The second kappa shape index (κ2) is 8.24. The Balaban J connectivity index is 1.57. The van der Waals surface area contributed by atoms with Gasteiger partial charge in [0.05, 0.1) is 5.69 Å². The standard InChI is InChI=1S/C20H24N4O4/c1-14-5-4-6-18(15(14)2)28-16(3)20(25)23-11-9-22(10-12-23)17-7-8-19(21-13-17)24(26)27/h4-8,13,16H,9-12H2,1-3H3. The number of anilines is 1. The molecule has 0 saturated carbocycles. The van der Waals surface area contributed by atoms with Crippen LogP contribution in [0.1, 0.15) is 18.1 Å². The Labute approximate surface area is 163 Å². The number of hydrogen-bond donors (Lipinski definition) is 0. The van der Waals surface area contributed by atoms with Gasteiger partial charge in [-0.25, -0.2) is 0 Å². The van der Waals surface area contributed by atoms with E-state index in [1.54, 1.807) is 17.9 Å². The van der Waals surface area contributed by atoms with Gasteiger partial charge in [-0.3, -0.25) is 4.79 Å². The van der Waals surface area contributed by atoms with Crippen LogP contribution in [0.5, 0.6) is 5.75 Å². The number of carbonyl (C=O) groups is 1. The Morgan fingerprint density at radius 1 is 1.18 bits per heavy atom. The maximum atomic E-state index is 12.8. The number of aromatic nitrogens is 1. The third-order valence-electron chi connectivity index (χ3n) is 5.08. The first-order valence-electron chi connectivity index (χ1n) is 9.24. The summed E-state index contributed by atoms with van der Waals surface area (Å²) in [4.78, 5) is 30.7. The third-order valence-corrected chi connectivity index (χ3v) is 5.08. The molecule has 2 aromatic rings. The van der Waals surface area contributed by atoms with Crippen molar-refractivity contribution in [2.75, 3.05) is 31.1 Å². The molecule has 0 N–H and O–H groups in total. The van der Waals surface area contributed by atoms with Crippen molar-refractivity contribution < 1.29 is 14.5 Å². The molecule has 8 nitrogen and oxygen atoms in total. The highest BCUT2D eigenvalue weighted by molar-refractivity contribution is 5.81. The van der Waals surface area contributed by atoms with Crippen molar-refractivity contribution in [3.63, 3.8) is 0 Å². The van der Waals surface area contributed by atoms with Crippen molar-refractivity contribution in [3.8, 4) is 5.75 Å². The lowest BCUT2D eigenvalue weighted by molar-refractivity contribution is -0.389. The van der Waals surface area contributed by atoms with Crippen LogP contribution in [0.4, 0.5) is 11.5 Å². The van der Waals surface area contributed by atoms with Crippen LogP contribution in [0, 0.1) is 24.0 Å². The molecule has 8 heteroatoms. The summed E-state index contributed by atoms with van der Waals surface area (Å²) in [5, 5.41) is 10.7. The predicted octanol–water partition coefficient (Wildman–Crippen LogP) is 2.72. The smallest absolute Gasteiger partial charge is 0.363 e. The SMILES string of the molecule is Cc1cccc(OC(C)C(=O)N2CCN(c3ccc([N+](=O)[O-])nc3)CC2)c1C. The second-order valence-corrected chi connectivity index (χ2v) is 6.90. The summed E-state index contributed by atoms with van der Waals surface area (Å²) in [6.07, 6.45) is 0.940. The number of amides is 1. The summed E-state index contributed by atoms with van der Waals surface area (Å²) in [5.74, 6) is 0.522. The fraction of sp³-hybridized carbons (Fsp3) is 0.400. The van der Waals surface area contributed by atoms with Crippen molar-refractivity contribution in [1.82, 2.24) is 9.88 Å². The van der Waals surface area contributed by atoms with Crippen molar-refractivity contribution in [1.29, 1.82) is 0 Å². The van der Waals surface area contributed by atoms with E-state index in [1.165, 1.54) is 12.3 Å². The molecular formula is C20H24N4O4. The number of hydrogen-bond acceptors (Lipinski definition) is 6. The average Bonchev–Trinajstić information content (AvgIpc) is 2.71. The van der Waals surface area contributed by atoms with Gasteiger partial charge >= 0.3 is 5.82 Å². The predicted molar refractivity (Wildman–Crippen MR) is 106 cm³/mol. The van der Waals surface area contributed by atoms with E-state index >= 15 is 0 Å². The highest BCUT2D eigenvalue weighted by Crippen LogP contribution is 2.23. The number of rotatable bonds is 5. The molecule has 1 aliphatic rings. The van der Waals surface area contributed by atoms with Gasteiger partial charge in [-0.15, -0.1) is 0 Å². The molecule has 1 saturated heterocycles. The summed E-state index contributed by atoms with van der Waals surface area (Å²) < 4.78 is 5.91. The highest BCUT2D eigenvalue weighted by atomic mass is 16.6. The van der Waals surface area contributed by atoms with E-state index in [-0.39, 0.29) is 11.7 Å². The van der Waals surface area contributed by atoms with Gasteiger partial charge < -0.3 is 24.7 Å². The zero-order valence-corrected chi connectivity index (χ0v) is 16.3. The molecule has 1 fully saturated rings. The lowest BCUT2D eigenvalue weighted by Crippen LogP contribution is -2.52. The van der Waals surface area contributed by atoms with Crippen molar-refractivity contribution in [3.05, 3.63) is 57.8 Å². The van der Waals surface area contributed by atoms with Crippen LogP contribution in [-0.4, -0.2) is 53.0 Å². The molecule has 1 unspecified atom stereocenters. The molecule has 28 heavy (non-hydrogen) atoms. The summed E-state index contributed by atoms with van der Waals surface area (Å²) in [6, 6.07) is 8.90. The van der Waals surface area contributed by atoms with E-state index < -0.39 is 11.0 Å². The van der Waals surface area contributed by atoms with Crippen LogP contribution in [-0.2, 0) is 4.79 Å². The topological polar surface area (TPSA) is 88.8 Å². The van der Waals surface area contributed by atoms with Crippen LogP contribution in [0.15, 0.2) is 36.5 Å². The van der Waals surface area contributed by atoms with Gasteiger partial charge in [0.2, 0.25) is 0 Å². The summed E-state index contributed by atoms with van der Waals surface area (Å²) in [5.41, 5.74) is 2.98. The van der Waals surface area contributed by atoms with E-state index in [2.05, 4.69) is 9.88 Å². The monoisotopic (exact) mass is 384 g/mol. The Hall–Kier alpha value is -3.16. The summed E-state index contributed by atoms with van der Waals surface area (Å²) in [6.45, 7) is 8.19. The third kappa shape index (κ3) is 4.21. The van der Waals surface area contributed by atoms with E-state index in [1.807, 2.05) is 32.0 Å². The largest absolute Gasteiger partial charge is 0.481 e. The second-order valence-electron chi connectivity index (χ2n) is 6.90. The average molecular weight is 384 g/mol. The van der Waals surface area contributed by atoms with Crippen molar-refractivity contribution >= 4 is 17.4 Å². The zero-order chi connectivity index (χ0) is 20.3. The van der Waals surface area contributed by atoms with Crippen molar-refractivity contribution in [2.45, 2.75) is 26.9 Å². The minimum absolute atomic E-state index is 0.0395. The summed E-state index contributed by atoms with van der Waals surface area (Å²) >= 11 is 0. The number of pyridine rings is 1. The van der Waals surface area contributed by atoms with Gasteiger partial charge in [-0.05, 0) is 53.9 Å². The molecule has 2 heterocycles. The van der Waals surface area contributed by atoms with Gasteiger partial charge in [0, 0.05) is 32.2 Å². The van der Waals surface area contributed by atoms with Gasteiger partial charge in [0.25, 0.3) is 5.91 Å². The minimum atomic E-state index is -0.562. The van der Waals surface area contributed by atoms with E-state index in [0.717, 1.165) is 22.6 Å². The number of nitrogens with zero attached hydrogens (tertiary/aromatic N) is 4. The minimum Gasteiger partial charge on any atom is -0.481 e. The van der Waals surface area contributed by atoms with Crippen LogP contribution in [0.2, 0.25) is 0 Å². The molecule has 148 valence electrons. The van der Waals surface area contributed by atoms with Crippen LogP contribution in [0.25, 0.3) is 0 Å². The summed E-state index contributed by atoms with van der Waals surface area (Å²) in [7, 11) is 0. The Morgan fingerprint density at radius 3 is 2.50 bits per heavy atom. The molecule has 1 atom stereocenters. The van der Waals surface area contributed by atoms with E-state index in [9.17, 15) is 14.9 Å². The van der Waals surface area contributed by atoms with Gasteiger partial charge in [0.15, 0.2) is 12.3 Å². The number of aryl methyl sites for hydroxylation is 1. The van der Waals surface area contributed by atoms with E-state index in [4.69, 9.17) is 4.74 Å². The van der Waals surface area contributed by atoms with Gasteiger partial charge in [0.1, 0.15) is 5.75 Å². The van der Waals surface area contributed by atoms with Crippen LogP contribution < -0.4 is 9.64 Å². The lowest BCUT2D eigenvalue weighted by Gasteiger charge is -2.36. The Kier molecular flexibility index (Phi) is 5.77. The van der Waals surface area contributed by atoms with Gasteiger partial charge in [-0.1, -0.05) is 12.1 Å². The fourth-order valence-electron chi connectivity index (χ4n) is 3.21. The molecule has 1 amide bonds. The first-order chi connectivity index (χ1) is 13.4. The first kappa shape index (κ1) is 19.6. The molecule has 3 rings (SSSR count). The lowest BCUT2D eigenvalue weighted by atomic mass is 10.1. The number of benzene rings is 1. The molecule has 1 aliphatic heterocycles. The number of nitro groups is 1. The highest BCUT2D eigenvalue weighted by Gasteiger charge is 2.27. The Morgan fingerprint density at radius 2 is 1.89 bits per heavy atom. The van der Waals surface area contributed by atoms with Crippen molar-refractivity contribution in [2.24, 2.45) is 0 Å². The fourth-order valence-corrected chi connectivity index (χ4v) is 3.21. The molecule has 1 aromatic heterocycles. The zero-order valence-electron chi connectivity index (χ0n) is 16.3. The first-order valence-corrected chi connectivity index (χ1v) is 9.24. The number of piperazine rings is 1. The van der Waals surface area contributed by atoms with Gasteiger partial charge in [-0.2, -0.15) is 0 Å². The molecule has 0 aliphatic carbocycles. The molecular weight excluding hydrogens is 360 g/mol. The molecule has 0 radical (unpaired) electrons. The van der Waals surface area contributed by atoms with E-state index in [0.29, 0.717) is 26.2 Å². The molecule has 0 spiro atoms. The maximum Gasteiger partial charge on any atom is 0.363 e. The number of ether oxygens (including phenoxy) is 1. The van der Waals surface area contributed by atoms with Crippen LogP contribution in [0.3, 0.4) is 0 Å². The Bertz CT molecular complexity index is 861. The normalized spacial score (nSPS) is 15.2. The maximum absolute atomic E-state index is 12.8. The van der Waals surface area contributed by atoms with Crippen LogP contribution >= 0.6 is 0 Å². The quantitative estimate of drug-likeness (QED) is 0.582. The number of carbonyl (C=O) groups excluding carboxylic acids is 1.